The van der Waals surface area contributed by atoms with E-state index in [-0.39, 0.29) is 48.5 Å². The van der Waals surface area contributed by atoms with Gasteiger partial charge in [0.25, 0.3) is 0 Å². The molecule has 3 N–H and O–H groups in total. The van der Waals surface area contributed by atoms with Crippen molar-refractivity contribution < 1.29 is 14.3 Å². The average molecular weight is 397 g/mol. The highest BCUT2D eigenvalue weighted by atomic mass is 35.5. The Labute approximate surface area is 168 Å². The fourth-order valence-electron chi connectivity index (χ4n) is 3.82. The van der Waals surface area contributed by atoms with Gasteiger partial charge in [0.1, 0.15) is 0 Å². The van der Waals surface area contributed by atoms with E-state index in [1.807, 2.05) is 18.2 Å². The van der Waals surface area contributed by atoms with Crippen molar-refractivity contribution in [3.63, 3.8) is 0 Å². The van der Waals surface area contributed by atoms with E-state index in [1.165, 1.54) is 5.56 Å². The number of carbonyl (C=O) groups excluding carboxylic acids is 1. The molecule has 0 heterocycles. The van der Waals surface area contributed by atoms with E-state index in [4.69, 9.17) is 15.2 Å². The molecule has 1 aromatic rings. The first-order valence-electron chi connectivity index (χ1n) is 9.98. The number of nitrogens with two attached hydrogens (primary N) is 1. The summed E-state index contributed by atoms with van der Waals surface area (Å²) in [5.41, 5.74) is 7.41. The molecule has 0 unspecified atom stereocenters. The summed E-state index contributed by atoms with van der Waals surface area (Å²) in [5.74, 6) is 0.177. The Morgan fingerprint density at radius 1 is 1.15 bits per heavy atom. The molecular formula is C21H33ClN2O3. The summed E-state index contributed by atoms with van der Waals surface area (Å²) in [7, 11) is 0. The predicted octanol–water partition coefficient (Wildman–Crippen LogP) is 3.19. The Morgan fingerprint density at radius 2 is 1.89 bits per heavy atom. The van der Waals surface area contributed by atoms with E-state index in [0.717, 1.165) is 45.1 Å². The molecule has 0 spiro atoms. The molecule has 5 nitrogen and oxygen atoms in total. The van der Waals surface area contributed by atoms with Crippen molar-refractivity contribution in [1.29, 1.82) is 0 Å². The fraction of sp³-hybridized carbons (Fsp3) is 0.667. The van der Waals surface area contributed by atoms with E-state index in [0.29, 0.717) is 6.61 Å². The minimum Gasteiger partial charge on any atom is -0.377 e. The molecule has 27 heavy (non-hydrogen) atoms. The molecule has 3 rings (SSSR count). The molecule has 2 saturated carbocycles. The summed E-state index contributed by atoms with van der Waals surface area (Å²) in [6.45, 7) is 3.49. The zero-order valence-corrected chi connectivity index (χ0v) is 17.0. The Hall–Kier alpha value is -1.14. The van der Waals surface area contributed by atoms with Crippen molar-refractivity contribution >= 4 is 18.3 Å². The van der Waals surface area contributed by atoms with E-state index in [9.17, 15) is 4.79 Å². The van der Waals surface area contributed by atoms with Crippen LogP contribution in [0.1, 0.15) is 51.0 Å². The van der Waals surface area contributed by atoms with Gasteiger partial charge in [0, 0.05) is 24.6 Å². The SMILES string of the molecule is CCCO[C@@H]1CC[C@H](C(=O)NC2CC(OCc3ccccc3)C2)C[C@H]1N.Cl. The number of rotatable bonds is 8. The first kappa shape index (κ1) is 22.2. The largest absolute Gasteiger partial charge is 0.377 e. The lowest BCUT2D eigenvalue weighted by Gasteiger charge is -2.38. The molecule has 0 aliphatic heterocycles. The minimum absolute atomic E-state index is 0. The Morgan fingerprint density at radius 3 is 2.56 bits per heavy atom. The molecule has 6 heteroatoms. The van der Waals surface area contributed by atoms with Crippen molar-refractivity contribution in [2.45, 2.75) is 76.3 Å². The van der Waals surface area contributed by atoms with Crippen molar-refractivity contribution in [2.75, 3.05) is 6.61 Å². The Balaban J connectivity index is 0.00000261. The minimum atomic E-state index is -0.0330. The van der Waals surface area contributed by atoms with Crippen LogP contribution in [0.4, 0.5) is 0 Å². The highest BCUT2D eigenvalue weighted by Crippen LogP contribution is 2.28. The van der Waals surface area contributed by atoms with Crippen LogP contribution in [0.2, 0.25) is 0 Å². The maximum Gasteiger partial charge on any atom is 0.223 e. The van der Waals surface area contributed by atoms with Crippen LogP contribution in [0.5, 0.6) is 0 Å². The molecule has 0 aromatic heterocycles. The van der Waals surface area contributed by atoms with Crippen molar-refractivity contribution in [1.82, 2.24) is 5.32 Å². The van der Waals surface area contributed by atoms with Crippen LogP contribution in [0, 0.1) is 5.92 Å². The first-order valence-corrected chi connectivity index (χ1v) is 9.98. The van der Waals surface area contributed by atoms with Gasteiger partial charge in [-0.3, -0.25) is 4.79 Å². The molecule has 2 aliphatic rings. The molecule has 1 aromatic carbocycles. The van der Waals surface area contributed by atoms with E-state index >= 15 is 0 Å². The lowest BCUT2D eigenvalue weighted by atomic mass is 9.82. The second-order valence-electron chi connectivity index (χ2n) is 7.68. The van der Waals surface area contributed by atoms with Crippen LogP contribution >= 0.6 is 12.4 Å². The van der Waals surface area contributed by atoms with Gasteiger partial charge in [-0.1, -0.05) is 37.3 Å². The van der Waals surface area contributed by atoms with E-state index in [2.05, 4.69) is 24.4 Å². The zero-order chi connectivity index (χ0) is 18.4. The Kier molecular flexibility index (Phi) is 9.03. The lowest BCUT2D eigenvalue weighted by Crippen LogP contribution is -2.52. The normalized spacial score (nSPS) is 30.1. The van der Waals surface area contributed by atoms with Gasteiger partial charge in [0.05, 0.1) is 18.8 Å². The molecular weight excluding hydrogens is 364 g/mol. The maximum atomic E-state index is 12.5. The second-order valence-corrected chi connectivity index (χ2v) is 7.68. The summed E-state index contributed by atoms with van der Waals surface area (Å²) >= 11 is 0. The van der Waals surface area contributed by atoms with Crippen LogP contribution in [0.3, 0.4) is 0 Å². The molecule has 0 radical (unpaired) electrons. The summed E-state index contributed by atoms with van der Waals surface area (Å²) in [5, 5.41) is 3.18. The molecule has 1 amide bonds. The first-order chi connectivity index (χ1) is 12.7. The maximum absolute atomic E-state index is 12.5. The quantitative estimate of drug-likeness (QED) is 0.707. The number of halogens is 1. The summed E-state index contributed by atoms with van der Waals surface area (Å²) in [6, 6.07) is 10.4. The van der Waals surface area contributed by atoms with Gasteiger partial charge in [-0.25, -0.2) is 0 Å². The van der Waals surface area contributed by atoms with Crippen LogP contribution < -0.4 is 11.1 Å². The zero-order valence-electron chi connectivity index (χ0n) is 16.1. The third kappa shape index (κ3) is 6.46. The number of hydrogen-bond donors (Lipinski definition) is 2. The van der Waals surface area contributed by atoms with E-state index in [1.54, 1.807) is 0 Å². The monoisotopic (exact) mass is 396 g/mol. The van der Waals surface area contributed by atoms with Crippen molar-refractivity contribution in [2.24, 2.45) is 11.7 Å². The number of ether oxygens (including phenoxy) is 2. The third-order valence-electron chi connectivity index (χ3n) is 5.51. The second kappa shape index (κ2) is 11.0. The lowest BCUT2D eigenvalue weighted by molar-refractivity contribution is -0.130. The number of hydrogen-bond acceptors (Lipinski definition) is 4. The Bertz CT molecular complexity index is 566. The predicted molar refractivity (Wildman–Crippen MR) is 109 cm³/mol. The van der Waals surface area contributed by atoms with Gasteiger partial charge >= 0.3 is 0 Å². The van der Waals surface area contributed by atoms with Crippen molar-refractivity contribution in [3.05, 3.63) is 35.9 Å². The van der Waals surface area contributed by atoms with Gasteiger partial charge < -0.3 is 20.5 Å². The van der Waals surface area contributed by atoms with Crippen LogP contribution in [0.15, 0.2) is 30.3 Å². The highest BCUT2D eigenvalue weighted by molar-refractivity contribution is 5.85. The van der Waals surface area contributed by atoms with Gasteiger partial charge in [-0.15, -0.1) is 12.4 Å². The molecule has 3 atom stereocenters. The van der Waals surface area contributed by atoms with Gasteiger partial charge in [0.15, 0.2) is 0 Å². The third-order valence-corrected chi connectivity index (χ3v) is 5.51. The van der Waals surface area contributed by atoms with E-state index < -0.39 is 0 Å². The number of benzene rings is 1. The number of carbonyl (C=O) groups is 1. The summed E-state index contributed by atoms with van der Waals surface area (Å²) < 4.78 is 11.7. The van der Waals surface area contributed by atoms with Gasteiger partial charge in [-0.2, -0.15) is 0 Å². The molecule has 2 aliphatic carbocycles. The topological polar surface area (TPSA) is 73.6 Å². The highest BCUT2D eigenvalue weighted by Gasteiger charge is 2.36. The molecule has 0 bridgehead atoms. The van der Waals surface area contributed by atoms with Crippen molar-refractivity contribution in [3.8, 4) is 0 Å². The fourth-order valence-corrected chi connectivity index (χ4v) is 3.82. The standard InChI is InChI=1S/C21H32N2O3.ClH/c1-2-10-25-20-9-8-16(11-19(20)22)21(24)23-17-12-18(13-17)26-14-15-6-4-3-5-7-15;/h3-7,16-20H,2,8-14,22H2,1H3,(H,23,24);1H/t16-,17?,18?,19+,20+;/m0./s1. The summed E-state index contributed by atoms with van der Waals surface area (Å²) in [6.07, 6.45) is 5.64. The smallest absolute Gasteiger partial charge is 0.223 e. The molecule has 2 fully saturated rings. The van der Waals surface area contributed by atoms with Crippen LogP contribution in [-0.2, 0) is 20.9 Å². The van der Waals surface area contributed by atoms with Crippen LogP contribution in [-0.4, -0.2) is 36.8 Å². The summed E-state index contributed by atoms with van der Waals surface area (Å²) in [4.78, 5) is 12.5. The average Bonchev–Trinajstić information content (AvgIpc) is 2.63. The van der Waals surface area contributed by atoms with Crippen LogP contribution in [0.25, 0.3) is 0 Å². The van der Waals surface area contributed by atoms with Gasteiger partial charge in [-0.05, 0) is 44.1 Å². The van der Waals surface area contributed by atoms with Gasteiger partial charge in [0.2, 0.25) is 5.91 Å². The molecule has 0 saturated heterocycles. The number of amides is 1. The number of nitrogens with one attached hydrogen (secondary N) is 1. The molecule has 152 valence electrons.